The van der Waals surface area contributed by atoms with Crippen LogP contribution in [-0.4, -0.2) is 55.7 Å². The molecule has 0 unspecified atom stereocenters. The second-order valence-corrected chi connectivity index (χ2v) is 10.7. The van der Waals surface area contributed by atoms with Crippen molar-refractivity contribution in [3.8, 4) is 0 Å². The molecule has 4 heterocycles. The van der Waals surface area contributed by atoms with E-state index in [1.165, 1.54) is 5.56 Å². The van der Waals surface area contributed by atoms with E-state index in [-0.39, 0.29) is 35.2 Å². The van der Waals surface area contributed by atoms with Gasteiger partial charge in [0, 0.05) is 37.9 Å². The van der Waals surface area contributed by atoms with Crippen molar-refractivity contribution in [1.82, 2.24) is 9.62 Å². The number of sulfonamides is 1. The first-order valence-electron chi connectivity index (χ1n) is 9.37. The molecule has 26 heavy (non-hydrogen) atoms. The first-order valence-corrected chi connectivity index (χ1v) is 11.9. The fourth-order valence-electron chi connectivity index (χ4n) is 4.83. The number of carbonyl (C=O) groups excluding carboxylic acids is 1. The second-order valence-electron chi connectivity index (χ2n) is 7.66. The molecule has 3 aliphatic heterocycles. The minimum absolute atomic E-state index is 0.0593. The molecule has 4 atom stereocenters. The summed E-state index contributed by atoms with van der Waals surface area (Å²) < 4.78 is 32.4. The van der Waals surface area contributed by atoms with Gasteiger partial charge in [-0.15, -0.1) is 0 Å². The largest absolute Gasteiger partial charge is 0.370 e. The number of aryl methyl sites for hydroxylation is 1. The van der Waals surface area contributed by atoms with Gasteiger partial charge < -0.3 is 10.1 Å². The van der Waals surface area contributed by atoms with E-state index in [0.717, 1.165) is 19.3 Å². The number of nitrogens with one attached hydrogen (secondary N) is 1. The van der Waals surface area contributed by atoms with E-state index in [4.69, 9.17) is 4.74 Å². The minimum Gasteiger partial charge on any atom is -0.370 e. The summed E-state index contributed by atoms with van der Waals surface area (Å²) in [5.41, 5.74) is 0.877. The fourth-order valence-corrected chi connectivity index (χ4v) is 6.70. The molecule has 8 heteroatoms. The molecule has 0 radical (unpaired) electrons. The molecule has 1 N–H and O–H groups in total. The Kier molecular flexibility index (Phi) is 4.88. The van der Waals surface area contributed by atoms with E-state index in [9.17, 15) is 13.2 Å². The number of ether oxygens (including phenoxy) is 1. The highest BCUT2D eigenvalue weighted by Crippen LogP contribution is 2.55. The Morgan fingerprint density at radius 2 is 2.35 bits per heavy atom. The lowest BCUT2D eigenvalue weighted by Gasteiger charge is -2.29. The number of fused-ring (bicyclic) bond motifs is 1. The zero-order chi connectivity index (χ0) is 18.4. The fraction of sp³-hybridized carbons (Fsp3) is 0.722. The molecule has 1 spiro atoms. The molecule has 1 amide bonds. The van der Waals surface area contributed by atoms with Crippen LogP contribution in [0.2, 0.25) is 0 Å². The van der Waals surface area contributed by atoms with E-state index < -0.39 is 10.0 Å². The zero-order valence-electron chi connectivity index (χ0n) is 15.0. The highest BCUT2D eigenvalue weighted by molar-refractivity contribution is 7.89. The first-order chi connectivity index (χ1) is 12.4. The molecule has 6 nitrogen and oxygen atoms in total. The smallest absolute Gasteiger partial charge is 0.220 e. The number of hydrogen-bond acceptors (Lipinski definition) is 5. The Balaban J connectivity index is 1.35. The molecule has 3 saturated heterocycles. The maximum absolute atomic E-state index is 12.3. The second kappa shape index (κ2) is 6.89. The van der Waals surface area contributed by atoms with Crippen LogP contribution in [0.25, 0.3) is 0 Å². The summed E-state index contributed by atoms with van der Waals surface area (Å²) >= 11 is 1.64. The molecule has 0 aromatic carbocycles. The molecule has 144 valence electrons. The normalized spacial score (nSPS) is 33.5. The summed E-state index contributed by atoms with van der Waals surface area (Å²) in [6, 6.07) is 2.05. The molecule has 3 fully saturated rings. The van der Waals surface area contributed by atoms with E-state index in [1.807, 2.05) is 11.4 Å². The van der Waals surface area contributed by atoms with Crippen LogP contribution in [0.1, 0.15) is 31.7 Å². The van der Waals surface area contributed by atoms with Crippen LogP contribution in [0.4, 0.5) is 0 Å². The van der Waals surface area contributed by atoms with E-state index >= 15 is 0 Å². The van der Waals surface area contributed by atoms with Crippen LogP contribution in [-0.2, 0) is 26.0 Å². The van der Waals surface area contributed by atoms with Crippen LogP contribution < -0.4 is 5.32 Å². The lowest BCUT2D eigenvalue weighted by Crippen LogP contribution is -2.41. The van der Waals surface area contributed by atoms with Gasteiger partial charge in [-0.25, -0.2) is 8.42 Å². The van der Waals surface area contributed by atoms with E-state index in [1.54, 1.807) is 22.6 Å². The molecular formula is C18H26N2O4S2. The molecule has 0 saturated carbocycles. The zero-order valence-corrected chi connectivity index (χ0v) is 16.7. The average molecular weight is 399 g/mol. The van der Waals surface area contributed by atoms with Crippen molar-refractivity contribution >= 4 is 27.3 Å². The topological polar surface area (TPSA) is 75.7 Å². The van der Waals surface area contributed by atoms with Crippen LogP contribution in [0.3, 0.4) is 0 Å². The quantitative estimate of drug-likeness (QED) is 0.757. The molecule has 1 aromatic heterocycles. The third-order valence-electron chi connectivity index (χ3n) is 6.27. The monoisotopic (exact) mass is 398 g/mol. The standard InChI is InChI=1S/C18H26N2O4S2/c1-2-26(22,23)20-10-15-14(16-5-7-18(15,12-20)24-16)9-19-17(21)4-3-13-6-8-25-11-13/h6,8,11,14-16H,2-5,7,9-10,12H2,1H3,(H,19,21)/t14-,15+,16+,18+/m0/s1. The number of carbonyl (C=O) groups is 1. The molecule has 0 aliphatic carbocycles. The van der Waals surface area contributed by atoms with E-state index in [2.05, 4.69) is 10.7 Å². The third kappa shape index (κ3) is 3.21. The van der Waals surface area contributed by atoms with Gasteiger partial charge in [0.05, 0.1) is 17.5 Å². The lowest BCUT2D eigenvalue weighted by molar-refractivity contribution is -0.121. The van der Waals surface area contributed by atoms with Gasteiger partial charge in [0.25, 0.3) is 0 Å². The molecule has 2 bridgehead atoms. The van der Waals surface area contributed by atoms with Crippen molar-refractivity contribution in [3.05, 3.63) is 22.4 Å². The maximum atomic E-state index is 12.3. The van der Waals surface area contributed by atoms with Crippen LogP contribution in [0.5, 0.6) is 0 Å². The highest BCUT2D eigenvalue weighted by atomic mass is 32.2. The van der Waals surface area contributed by atoms with Crippen molar-refractivity contribution < 1.29 is 17.9 Å². The van der Waals surface area contributed by atoms with Crippen molar-refractivity contribution in [1.29, 1.82) is 0 Å². The number of nitrogens with zero attached hydrogens (tertiary/aromatic N) is 1. The summed E-state index contributed by atoms with van der Waals surface area (Å²) in [4.78, 5) is 12.2. The first kappa shape index (κ1) is 18.4. The van der Waals surface area contributed by atoms with Gasteiger partial charge in [0.2, 0.25) is 15.9 Å². The summed E-state index contributed by atoms with van der Waals surface area (Å²) in [5.74, 6) is 0.596. The van der Waals surface area contributed by atoms with Gasteiger partial charge in [0.1, 0.15) is 0 Å². The van der Waals surface area contributed by atoms with Gasteiger partial charge in [-0.05, 0) is 48.6 Å². The Morgan fingerprint density at radius 1 is 1.50 bits per heavy atom. The van der Waals surface area contributed by atoms with E-state index in [0.29, 0.717) is 26.1 Å². The SMILES string of the molecule is CCS(=O)(=O)N1C[C@@H]2[C@H](CNC(=O)CCc3ccsc3)[C@H]3CC[C@]2(C1)O3. The Labute approximate surface area is 159 Å². The average Bonchev–Trinajstić information content (AvgIpc) is 3.38. The summed E-state index contributed by atoms with van der Waals surface area (Å²) in [6.45, 7) is 3.28. The lowest BCUT2D eigenvalue weighted by atomic mass is 9.73. The van der Waals surface area contributed by atoms with Gasteiger partial charge in [-0.2, -0.15) is 15.6 Å². The molecule has 4 rings (SSSR count). The third-order valence-corrected chi connectivity index (χ3v) is 8.79. The van der Waals surface area contributed by atoms with Crippen molar-refractivity contribution in [2.75, 3.05) is 25.4 Å². The summed E-state index contributed by atoms with van der Waals surface area (Å²) in [6.07, 6.45) is 3.30. The predicted octanol–water partition coefficient (Wildman–Crippen LogP) is 1.63. The maximum Gasteiger partial charge on any atom is 0.220 e. The van der Waals surface area contributed by atoms with Crippen LogP contribution in [0.15, 0.2) is 16.8 Å². The molecule has 3 aliphatic rings. The number of thiophene rings is 1. The Morgan fingerprint density at radius 3 is 3.08 bits per heavy atom. The summed E-state index contributed by atoms with van der Waals surface area (Å²) in [5, 5.41) is 7.16. The Hall–Kier alpha value is -0.960. The van der Waals surface area contributed by atoms with Gasteiger partial charge in [-0.1, -0.05) is 0 Å². The van der Waals surface area contributed by atoms with Crippen molar-refractivity contribution in [3.63, 3.8) is 0 Å². The Bertz CT molecular complexity index is 764. The van der Waals surface area contributed by atoms with Gasteiger partial charge >= 0.3 is 0 Å². The summed E-state index contributed by atoms with van der Waals surface area (Å²) in [7, 11) is -3.19. The molecular weight excluding hydrogens is 372 g/mol. The highest BCUT2D eigenvalue weighted by Gasteiger charge is 2.64. The number of hydrogen-bond donors (Lipinski definition) is 1. The van der Waals surface area contributed by atoms with Crippen molar-refractivity contribution in [2.24, 2.45) is 11.8 Å². The number of amides is 1. The molecule has 1 aromatic rings. The van der Waals surface area contributed by atoms with Crippen LogP contribution >= 0.6 is 11.3 Å². The van der Waals surface area contributed by atoms with Gasteiger partial charge in [-0.3, -0.25) is 4.79 Å². The minimum atomic E-state index is -3.19. The van der Waals surface area contributed by atoms with Crippen molar-refractivity contribution in [2.45, 2.75) is 44.3 Å². The predicted molar refractivity (Wildman–Crippen MR) is 101 cm³/mol. The van der Waals surface area contributed by atoms with Gasteiger partial charge in [0.15, 0.2) is 0 Å². The number of rotatable bonds is 7. The van der Waals surface area contributed by atoms with Crippen LogP contribution in [0, 0.1) is 11.8 Å².